The van der Waals surface area contributed by atoms with E-state index in [1.54, 1.807) is 31.6 Å². The Hall–Kier alpha value is 0.0800. The minimum Gasteiger partial charge on any atom is -0.445 e. The summed E-state index contributed by atoms with van der Waals surface area (Å²) >= 11 is 0. The number of amides is 1. The van der Waals surface area contributed by atoms with Gasteiger partial charge in [-0.05, 0) is 33.6 Å². The monoisotopic (exact) mass is 557 g/mol. The average molecular weight is 558 g/mol. The molecule has 0 fully saturated rings. The maximum Gasteiger partial charge on any atom is 0.494 e. The van der Waals surface area contributed by atoms with Gasteiger partial charge in [0.05, 0.1) is 12.7 Å². The van der Waals surface area contributed by atoms with Gasteiger partial charge in [0, 0.05) is 18.1 Å². The molecule has 10 heteroatoms. The number of phosphoric acid groups is 1. The summed E-state index contributed by atoms with van der Waals surface area (Å²) in [4.78, 5) is 21.6. The fourth-order valence-corrected chi connectivity index (χ4v) is 6.45. The van der Waals surface area contributed by atoms with Crippen LogP contribution in [0.25, 0.3) is 0 Å². The van der Waals surface area contributed by atoms with Gasteiger partial charge < -0.3 is 9.63 Å². The van der Waals surface area contributed by atoms with E-state index in [-0.39, 0.29) is 19.3 Å². The topological polar surface area (TPSA) is 85.3 Å². The van der Waals surface area contributed by atoms with Crippen LogP contribution >= 0.6 is 29.4 Å². The van der Waals surface area contributed by atoms with E-state index in [2.05, 4.69) is 6.92 Å². The highest BCUT2D eigenvalue weighted by Crippen LogP contribution is 2.44. The van der Waals surface area contributed by atoms with Gasteiger partial charge in [-0.1, -0.05) is 112 Å². The summed E-state index contributed by atoms with van der Waals surface area (Å²) in [5.74, 6) is 1.96. The molecule has 1 unspecified atom stereocenters. The molecular weight excluding hydrogens is 505 g/mol. The first kappa shape index (κ1) is 35.1. The summed E-state index contributed by atoms with van der Waals surface area (Å²) < 4.78 is 26.8. The van der Waals surface area contributed by atoms with E-state index < -0.39 is 13.9 Å². The smallest absolute Gasteiger partial charge is 0.445 e. The van der Waals surface area contributed by atoms with Crippen molar-refractivity contribution in [2.45, 2.75) is 130 Å². The highest BCUT2D eigenvalue weighted by molar-refractivity contribution is 8.76. The summed E-state index contributed by atoms with van der Waals surface area (Å²) in [5, 5.41) is 0.710. The lowest BCUT2D eigenvalue weighted by molar-refractivity contribution is -0.0752. The number of ether oxygens (including phenoxy) is 1. The van der Waals surface area contributed by atoms with Crippen molar-refractivity contribution in [1.82, 2.24) is 5.06 Å². The molecule has 0 radical (unpaired) electrons. The number of hydroxylamine groups is 2. The first-order chi connectivity index (χ1) is 16.8. The normalized spacial score (nSPS) is 13.2. The number of nitrogens with zero attached hydrogens (tertiary/aromatic N) is 1. The molecule has 0 aromatic rings. The molecule has 0 heterocycles. The van der Waals surface area contributed by atoms with Crippen molar-refractivity contribution < 1.29 is 28.1 Å². The largest absolute Gasteiger partial charge is 0.494 e. The summed E-state index contributed by atoms with van der Waals surface area (Å²) in [6, 6.07) is 0. The van der Waals surface area contributed by atoms with E-state index >= 15 is 0 Å². The number of rotatable bonds is 25. The highest BCUT2D eigenvalue weighted by Gasteiger charge is 2.29. The molecule has 0 rings (SSSR count). The van der Waals surface area contributed by atoms with E-state index in [1.165, 1.54) is 89.9 Å². The number of phosphoric ester groups is 1. The standard InChI is InChI=1S/C25H52NO6PS2/c1-5-7-8-9-10-11-12-13-14-15-16-17-18-19-22-34-35-23-20-21-30-33(28,29)32-26(6-2)25(27)31-24(3)4/h24H,5-23H2,1-4H3,(H,28,29). The van der Waals surface area contributed by atoms with Crippen LogP contribution in [0.1, 0.15) is 124 Å². The van der Waals surface area contributed by atoms with Crippen molar-refractivity contribution in [1.29, 1.82) is 0 Å². The van der Waals surface area contributed by atoms with E-state index in [1.807, 2.05) is 10.8 Å². The molecule has 0 saturated heterocycles. The van der Waals surface area contributed by atoms with E-state index in [9.17, 15) is 14.3 Å². The van der Waals surface area contributed by atoms with E-state index in [0.717, 1.165) is 11.5 Å². The van der Waals surface area contributed by atoms with Crippen LogP contribution in [0.5, 0.6) is 0 Å². The van der Waals surface area contributed by atoms with Crippen LogP contribution in [-0.4, -0.2) is 46.8 Å². The number of hydrogen-bond acceptors (Lipinski definition) is 7. The summed E-state index contributed by atoms with van der Waals surface area (Å²) in [6.07, 6.45) is 18.7. The highest BCUT2D eigenvalue weighted by atomic mass is 33.1. The predicted octanol–water partition coefficient (Wildman–Crippen LogP) is 9.15. The van der Waals surface area contributed by atoms with Crippen LogP contribution in [0.15, 0.2) is 0 Å². The van der Waals surface area contributed by atoms with Crippen molar-refractivity contribution in [3.8, 4) is 0 Å². The molecule has 1 atom stereocenters. The number of hydrogen-bond donors (Lipinski definition) is 1. The van der Waals surface area contributed by atoms with Crippen LogP contribution in [0, 0.1) is 0 Å². The van der Waals surface area contributed by atoms with Gasteiger partial charge in [-0.3, -0.25) is 4.52 Å². The Morgan fingerprint density at radius 3 is 1.71 bits per heavy atom. The summed E-state index contributed by atoms with van der Waals surface area (Å²) in [6.45, 7) is 7.44. The predicted molar refractivity (Wildman–Crippen MR) is 151 cm³/mol. The van der Waals surface area contributed by atoms with E-state index in [0.29, 0.717) is 11.5 Å². The fourth-order valence-electron chi connectivity index (χ4n) is 3.40. The molecule has 210 valence electrons. The molecule has 0 aromatic heterocycles. The Balaban J connectivity index is 3.47. The molecule has 7 nitrogen and oxygen atoms in total. The molecule has 1 N–H and O–H groups in total. The van der Waals surface area contributed by atoms with Crippen molar-refractivity contribution in [2.24, 2.45) is 0 Å². The van der Waals surface area contributed by atoms with Crippen molar-refractivity contribution in [3.63, 3.8) is 0 Å². The Bertz CT molecular complexity index is 542. The minimum atomic E-state index is -4.35. The number of carbonyl (C=O) groups excluding carboxylic acids is 1. The molecule has 0 aliphatic rings. The summed E-state index contributed by atoms with van der Waals surface area (Å²) in [5.41, 5.74) is 0. The molecule has 1 amide bonds. The Labute approximate surface area is 223 Å². The van der Waals surface area contributed by atoms with Crippen molar-refractivity contribution >= 4 is 35.5 Å². The van der Waals surface area contributed by atoms with Crippen LogP contribution < -0.4 is 0 Å². The third-order valence-electron chi connectivity index (χ3n) is 5.32. The Morgan fingerprint density at radius 1 is 0.800 bits per heavy atom. The zero-order valence-electron chi connectivity index (χ0n) is 22.7. The Morgan fingerprint density at radius 2 is 1.26 bits per heavy atom. The van der Waals surface area contributed by atoms with Gasteiger partial charge in [-0.15, -0.1) is 0 Å². The van der Waals surface area contributed by atoms with Gasteiger partial charge in [0.2, 0.25) is 0 Å². The van der Waals surface area contributed by atoms with Crippen LogP contribution in [0.4, 0.5) is 4.79 Å². The minimum absolute atomic E-state index is 0.0746. The van der Waals surface area contributed by atoms with Crippen molar-refractivity contribution in [2.75, 3.05) is 24.7 Å². The van der Waals surface area contributed by atoms with Crippen LogP contribution in [-0.2, 0) is 18.5 Å². The lowest BCUT2D eigenvalue weighted by Crippen LogP contribution is -2.32. The Kier molecular flexibility index (Phi) is 24.5. The quantitative estimate of drug-likeness (QED) is 0.0515. The lowest BCUT2D eigenvalue weighted by Gasteiger charge is -2.22. The maximum atomic E-state index is 12.0. The third kappa shape index (κ3) is 24.2. The van der Waals surface area contributed by atoms with Crippen LogP contribution in [0.3, 0.4) is 0 Å². The van der Waals surface area contributed by atoms with Gasteiger partial charge in [0.1, 0.15) is 0 Å². The first-order valence-electron chi connectivity index (χ1n) is 13.7. The molecule has 0 aliphatic carbocycles. The zero-order chi connectivity index (χ0) is 26.2. The molecule has 0 aliphatic heterocycles. The van der Waals surface area contributed by atoms with E-state index in [4.69, 9.17) is 13.9 Å². The van der Waals surface area contributed by atoms with Gasteiger partial charge in [-0.2, -0.15) is 9.69 Å². The fraction of sp³-hybridized carbons (Fsp3) is 0.960. The lowest BCUT2D eigenvalue weighted by atomic mass is 10.0. The van der Waals surface area contributed by atoms with Gasteiger partial charge in [-0.25, -0.2) is 9.36 Å². The van der Waals surface area contributed by atoms with Crippen LogP contribution in [0.2, 0.25) is 0 Å². The average Bonchev–Trinajstić information content (AvgIpc) is 2.80. The maximum absolute atomic E-state index is 12.0. The molecule has 0 spiro atoms. The zero-order valence-corrected chi connectivity index (χ0v) is 25.2. The second-order valence-electron chi connectivity index (χ2n) is 9.10. The molecule has 35 heavy (non-hydrogen) atoms. The number of unbranched alkanes of at least 4 members (excludes halogenated alkanes) is 13. The van der Waals surface area contributed by atoms with Gasteiger partial charge in [0.15, 0.2) is 0 Å². The number of carbonyl (C=O) groups is 1. The summed E-state index contributed by atoms with van der Waals surface area (Å²) in [7, 11) is -0.740. The SMILES string of the molecule is CCCCCCCCCCCCCCCCSSCCCOP(=O)(O)ON(CC)C(=O)OC(C)C. The van der Waals surface area contributed by atoms with Crippen molar-refractivity contribution in [3.05, 3.63) is 0 Å². The van der Waals surface area contributed by atoms with Gasteiger partial charge >= 0.3 is 13.9 Å². The first-order valence-corrected chi connectivity index (χ1v) is 17.7. The molecule has 0 aromatic carbocycles. The second-order valence-corrected chi connectivity index (χ2v) is 13.2. The molecule has 0 saturated carbocycles. The molecule has 0 bridgehead atoms. The molecular formula is C25H52NO6PS2. The van der Waals surface area contributed by atoms with Gasteiger partial charge in [0.25, 0.3) is 0 Å². The second kappa shape index (κ2) is 24.4. The third-order valence-corrected chi connectivity index (χ3v) is 8.81.